The first-order chi connectivity index (χ1) is 10.5. The number of amides is 2. The predicted octanol–water partition coefficient (Wildman–Crippen LogP) is 3.18. The largest absolute Gasteiger partial charge is 0.274 e. The minimum absolute atomic E-state index is 0.0123. The number of rotatable bonds is 1. The topological polar surface area (TPSA) is 37.4 Å². The van der Waals surface area contributed by atoms with E-state index in [0.29, 0.717) is 0 Å². The van der Waals surface area contributed by atoms with E-state index >= 15 is 0 Å². The minimum Gasteiger partial charge on any atom is -0.274 e. The van der Waals surface area contributed by atoms with E-state index in [-0.39, 0.29) is 51.6 Å². The molecular formula is C17H13ClFNO2. The van der Waals surface area contributed by atoms with Gasteiger partial charge in [-0.25, -0.2) is 9.29 Å². The fraction of sp³-hybridized carbons (Fsp3) is 0.412. The molecule has 3 nitrogen and oxygen atoms in total. The highest BCUT2D eigenvalue weighted by atomic mass is 35.5. The Bertz CT molecular complexity index is 736. The average molecular weight is 318 g/mol. The summed E-state index contributed by atoms with van der Waals surface area (Å²) in [6.45, 7) is 0. The van der Waals surface area contributed by atoms with Gasteiger partial charge in [-0.05, 0) is 48.3 Å². The molecule has 2 saturated carbocycles. The van der Waals surface area contributed by atoms with Gasteiger partial charge in [0.2, 0.25) is 11.8 Å². The van der Waals surface area contributed by atoms with Crippen LogP contribution in [0.4, 0.5) is 10.1 Å². The van der Waals surface area contributed by atoms with E-state index in [2.05, 4.69) is 12.2 Å². The summed E-state index contributed by atoms with van der Waals surface area (Å²) in [4.78, 5) is 26.8. The summed E-state index contributed by atoms with van der Waals surface area (Å²) in [5.41, 5.74) is 0.466. The maximum absolute atomic E-state index is 13.7. The first-order valence-corrected chi connectivity index (χ1v) is 7.93. The molecular weight excluding hydrogens is 305 g/mol. The van der Waals surface area contributed by atoms with Crippen LogP contribution in [0.15, 0.2) is 30.4 Å². The Kier molecular flexibility index (Phi) is 2.21. The third-order valence-corrected chi connectivity index (χ3v) is 6.32. The van der Waals surface area contributed by atoms with Gasteiger partial charge in [-0.2, -0.15) is 0 Å². The molecule has 1 aromatic rings. The maximum Gasteiger partial charge on any atom is 0.238 e. The van der Waals surface area contributed by atoms with Crippen molar-refractivity contribution in [2.45, 2.75) is 12.8 Å². The van der Waals surface area contributed by atoms with E-state index in [4.69, 9.17) is 11.6 Å². The zero-order valence-corrected chi connectivity index (χ0v) is 12.4. The van der Waals surface area contributed by atoms with E-state index in [1.165, 1.54) is 18.2 Å². The Hall–Kier alpha value is -1.68. The molecule has 1 aromatic carbocycles. The van der Waals surface area contributed by atoms with E-state index < -0.39 is 5.82 Å². The highest BCUT2D eigenvalue weighted by molar-refractivity contribution is 6.31. The molecule has 4 atom stereocenters. The second-order valence-electron chi connectivity index (χ2n) is 6.83. The molecule has 0 unspecified atom stereocenters. The van der Waals surface area contributed by atoms with Gasteiger partial charge in [0.05, 0.1) is 22.5 Å². The lowest BCUT2D eigenvalue weighted by Crippen LogP contribution is -2.34. The molecule has 0 radical (unpaired) electrons. The zero-order chi connectivity index (χ0) is 15.2. The molecule has 3 fully saturated rings. The third-order valence-electron chi connectivity index (χ3n) is 6.01. The zero-order valence-electron chi connectivity index (χ0n) is 11.6. The monoisotopic (exact) mass is 317 g/mol. The third kappa shape index (κ3) is 1.29. The van der Waals surface area contributed by atoms with Crippen molar-refractivity contribution in [1.82, 2.24) is 0 Å². The van der Waals surface area contributed by atoms with Gasteiger partial charge in [0.15, 0.2) is 0 Å². The molecule has 4 aliphatic rings. The molecule has 5 rings (SSSR count). The molecule has 22 heavy (non-hydrogen) atoms. The van der Waals surface area contributed by atoms with Crippen LogP contribution in [0.1, 0.15) is 12.8 Å². The Balaban J connectivity index is 1.57. The molecule has 0 N–H and O–H groups in total. The number of halogens is 2. The molecule has 1 heterocycles. The number of carbonyl (C=O) groups excluding carboxylic acids is 2. The van der Waals surface area contributed by atoms with Gasteiger partial charge >= 0.3 is 0 Å². The van der Waals surface area contributed by atoms with Gasteiger partial charge in [-0.3, -0.25) is 9.59 Å². The van der Waals surface area contributed by atoms with Crippen molar-refractivity contribution in [3.05, 3.63) is 41.2 Å². The number of nitrogens with zero attached hydrogens (tertiary/aromatic N) is 1. The summed E-state index contributed by atoms with van der Waals surface area (Å²) < 4.78 is 13.7. The standard InChI is InChI=1S/C17H13ClFNO2/c18-11-4-1-8(7-12(11)19)20-15(21)13-9-2-3-10(14(13)16(20)22)17(9)5-6-17/h1-4,7,9-10,13-14H,5-6H2/t9-,10-,13-,14-/m0/s1. The number of anilines is 1. The lowest BCUT2D eigenvalue weighted by molar-refractivity contribution is -0.123. The van der Waals surface area contributed by atoms with Gasteiger partial charge in [-0.15, -0.1) is 0 Å². The smallest absolute Gasteiger partial charge is 0.238 e. The lowest BCUT2D eigenvalue weighted by Gasteiger charge is -2.21. The molecule has 3 aliphatic carbocycles. The predicted molar refractivity (Wildman–Crippen MR) is 78.7 cm³/mol. The van der Waals surface area contributed by atoms with Crippen LogP contribution in [0.2, 0.25) is 5.02 Å². The van der Waals surface area contributed by atoms with Crippen LogP contribution < -0.4 is 4.90 Å². The van der Waals surface area contributed by atoms with Gasteiger partial charge in [0.25, 0.3) is 0 Å². The minimum atomic E-state index is -0.614. The second-order valence-corrected chi connectivity index (χ2v) is 7.24. The van der Waals surface area contributed by atoms with Crippen molar-refractivity contribution in [3.63, 3.8) is 0 Å². The van der Waals surface area contributed by atoms with E-state index in [1.54, 1.807) is 0 Å². The van der Waals surface area contributed by atoms with Crippen molar-refractivity contribution in [2.24, 2.45) is 29.1 Å². The van der Waals surface area contributed by atoms with Crippen LogP contribution in [0.25, 0.3) is 0 Å². The Morgan fingerprint density at radius 1 is 1.09 bits per heavy atom. The first kappa shape index (κ1) is 12.8. The Labute approximate surface area is 131 Å². The molecule has 1 spiro atoms. The fourth-order valence-corrected chi connectivity index (χ4v) is 5.07. The molecule has 1 aliphatic heterocycles. The van der Waals surface area contributed by atoms with Crippen molar-refractivity contribution < 1.29 is 14.0 Å². The van der Waals surface area contributed by atoms with Gasteiger partial charge in [0, 0.05) is 0 Å². The summed E-state index contributed by atoms with van der Waals surface area (Å²) in [7, 11) is 0. The number of allylic oxidation sites excluding steroid dienone is 2. The Morgan fingerprint density at radius 2 is 1.68 bits per heavy atom. The van der Waals surface area contributed by atoms with Gasteiger partial charge in [-0.1, -0.05) is 23.8 Å². The summed E-state index contributed by atoms with van der Waals surface area (Å²) in [5.74, 6) is -1.13. The Morgan fingerprint density at radius 3 is 2.18 bits per heavy atom. The molecule has 1 saturated heterocycles. The number of carbonyl (C=O) groups is 2. The number of hydrogen-bond donors (Lipinski definition) is 0. The second kappa shape index (κ2) is 3.80. The van der Waals surface area contributed by atoms with Crippen LogP contribution in [0, 0.1) is 34.9 Å². The van der Waals surface area contributed by atoms with Crippen molar-refractivity contribution in [1.29, 1.82) is 0 Å². The number of fused-ring (bicyclic) bond motifs is 3. The molecule has 2 amide bonds. The molecule has 5 heteroatoms. The molecule has 0 aromatic heterocycles. The van der Waals surface area contributed by atoms with E-state index in [1.807, 2.05) is 0 Å². The van der Waals surface area contributed by atoms with Crippen molar-refractivity contribution in [3.8, 4) is 0 Å². The quantitative estimate of drug-likeness (QED) is 0.589. The lowest BCUT2D eigenvalue weighted by atomic mass is 9.85. The summed E-state index contributed by atoms with van der Waals surface area (Å²) in [5, 5.41) is -0.0123. The highest BCUT2D eigenvalue weighted by Crippen LogP contribution is 2.73. The average Bonchev–Trinajstić information content (AvgIpc) is 3.08. The van der Waals surface area contributed by atoms with Crippen LogP contribution in [-0.4, -0.2) is 11.8 Å². The number of benzene rings is 1. The van der Waals surface area contributed by atoms with E-state index in [9.17, 15) is 14.0 Å². The van der Waals surface area contributed by atoms with Gasteiger partial charge < -0.3 is 0 Å². The molecule has 2 bridgehead atoms. The molecule has 112 valence electrons. The summed E-state index contributed by atoms with van der Waals surface area (Å²) in [6.07, 6.45) is 6.46. The van der Waals surface area contributed by atoms with Gasteiger partial charge in [0.1, 0.15) is 5.82 Å². The van der Waals surface area contributed by atoms with Crippen LogP contribution in [-0.2, 0) is 9.59 Å². The number of hydrogen-bond acceptors (Lipinski definition) is 2. The van der Waals surface area contributed by atoms with Crippen LogP contribution in [0.3, 0.4) is 0 Å². The SMILES string of the molecule is O=C1[C@@H]2[C@@H](C(=O)N1c1ccc(Cl)c(F)c1)[C@@H]1C=C[C@@H]2C12CC2. The maximum atomic E-state index is 13.7. The number of imide groups is 1. The summed E-state index contributed by atoms with van der Waals surface area (Å²) in [6, 6.07) is 4.09. The van der Waals surface area contributed by atoms with Crippen molar-refractivity contribution in [2.75, 3.05) is 4.90 Å². The fourth-order valence-electron chi connectivity index (χ4n) is 4.96. The highest BCUT2D eigenvalue weighted by Gasteiger charge is 2.73. The van der Waals surface area contributed by atoms with Crippen molar-refractivity contribution >= 4 is 29.1 Å². The van der Waals surface area contributed by atoms with Crippen LogP contribution in [0.5, 0.6) is 0 Å². The first-order valence-electron chi connectivity index (χ1n) is 7.56. The summed E-state index contributed by atoms with van der Waals surface area (Å²) >= 11 is 5.68. The normalized spacial score (nSPS) is 36.5. The van der Waals surface area contributed by atoms with E-state index in [0.717, 1.165) is 17.7 Å². The van der Waals surface area contributed by atoms with Crippen LogP contribution >= 0.6 is 11.6 Å².